The number of aromatic hydroxyl groups is 1. The van der Waals surface area contributed by atoms with Gasteiger partial charge in [0.15, 0.2) is 0 Å². The van der Waals surface area contributed by atoms with Crippen molar-refractivity contribution < 1.29 is 9.90 Å². The normalized spacial score (nSPS) is 12.5. The Morgan fingerprint density at radius 1 is 1.32 bits per heavy atom. The van der Waals surface area contributed by atoms with Crippen molar-refractivity contribution in [1.29, 1.82) is 0 Å². The molecule has 1 atom stereocenters. The molecule has 0 heterocycles. The van der Waals surface area contributed by atoms with E-state index in [4.69, 9.17) is 0 Å². The molecule has 0 aliphatic heterocycles. The van der Waals surface area contributed by atoms with Crippen molar-refractivity contribution in [1.82, 2.24) is 5.32 Å². The number of halogens is 1. The van der Waals surface area contributed by atoms with E-state index in [9.17, 15) is 9.90 Å². The zero-order valence-electron chi connectivity index (χ0n) is 11.7. The lowest BCUT2D eigenvalue weighted by Crippen LogP contribution is -2.32. The average molecular weight is 328 g/mol. The van der Waals surface area contributed by atoms with Gasteiger partial charge in [-0.2, -0.15) is 0 Å². The molecule has 0 radical (unpaired) electrons. The van der Waals surface area contributed by atoms with Crippen molar-refractivity contribution in [2.24, 2.45) is 5.92 Å². The highest BCUT2D eigenvalue weighted by atomic mass is 79.9. The zero-order chi connectivity index (χ0) is 14.4. The first-order valence-electron chi connectivity index (χ1n) is 6.69. The van der Waals surface area contributed by atoms with Gasteiger partial charge in [0.2, 0.25) is 0 Å². The summed E-state index contributed by atoms with van der Waals surface area (Å²) in [4.78, 5) is 12.0. The van der Waals surface area contributed by atoms with Crippen molar-refractivity contribution in [3.05, 3.63) is 28.2 Å². The fraction of sp³-hybridized carbons (Fsp3) is 0.533. The van der Waals surface area contributed by atoms with Crippen LogP contribution in [0.3, 0.4) is 0 Å². The van der Waals surface area contributed by atoms with Gasteiger partial charge in [0.25, 0.3) is 5.91 Å². The number of rotatable bonds is 6. The van der Waals surface area contributed by atoms with Gasteiger partial charge in [-0.3, -0.25) is 4.79 Å². The van der Waals surface area contributed by atoms with Crippen molar-refractivity contribution in [3.8, 4) is 5.75 Å². The van der Waals surface area contributed by atoms with Crippen LogP contribution < -0.4 is 5.32 Å². The quantitative estimate of drug-likeness (QED) is 0.826. The van der Waals surface area contributed by atoms with E-state index in [1.165, 1.54) is 12.5 Å². The molecule has 1 aromatic rings. The molecule has 1 rings (SSSR count). The lowest BCUT2D eigenvalue weighted by atomic mass is 10.0. The fourth-order valence-electron chi connectivity index (χ4n) is 1.87. The third-order valence-electron chi connectivity index (χ3n) is 3.00. The molecule has 1 aromatic carbocycles. The predicted molar refractivity (Wildman–Crippen MR) is 81.4 cm³/mol. The summed E-state index contributed by atoms with van der Waals surface area (Å²) >= 11 is 3.20. The summed E-state index contributed by atoms with van der Waals surface area (Å²) in [5.74, 6) is 0.645. The number of hydrogen-bond acceptors (Lipinski definition) is 2. The van der Waals surface area contributed by atoms with E-state index in [0.29, 0.717) is 16.0 Å². The summed E-state index contributed by atoms with van der Waals surface area (Å²) < 4.78 is 0.592. The topological polar surface area (TPSA) is 49.3 Å². The van der Waals surface area contributed by atoms with Crippen molar-refractivity contribution in [2.45, 2.75) is 46.1 Å². The average Bonchev–Trinajstić information content (AvgIpc) is 2.32. The second-order valence-corrected chi connectivity index (χ2v) is 6.22. The molecule has 1 unspecified atom stereocenters. The Labute approximate surface area is 123 Å². The Hall–Kier alpha value is -1.03. The van der Waals surface area contributed by atoms with Gasteiger partial charge in [-0.05, 0) is 53.4 Å². The smallest absolute Gasteiger partial charge is 0.251 e. The molecular weight excluding hydrogens is 306 g/mol. The highest BCUT2D eigenvalue weighted by Gasteiger charge is 2.11. The van der Waals surface area contributed by atoms with Crippen molar-refractivity contribution in [3.63, 3.8) is 0 Å². The number of carbonyl (C=O) groups is 1. The number of amides is 1. The van der Waals surface area contributed by atoms with Crippen LogP contribution in [0.4, 0.5) is 0 Å². The van der Waals surface area contributed by atoms with E-state index in [2.05, 4.69) is 35.1 Å². The number of benzene rings is 1. The van der Waals surface area contributed by atoms with Gasteiger partial charge in [0.1, 0.15) is 5.75 Å². The molecule has 0 aromatic heterocycles. The summed E-state index contributed by atoms with van der Waals surface area (Å²) in [6, 6.07) is 4.99. The molecule has 4 heteroatoms. The molecular formula is C15H22BrNO2. The van der Waals surface area contributed by atoms with E-state index < -0.39 is 0 Å². The minimum atomic E-state index is -0.139. The first kappa shape index (κ1) is 16.0. The Morgan fingerprint density at radius 3 is 2.58 bits per heavy atom. The maximum atomic E-state index is 12.0. The van der Waals surface area contributed by atoms with Crippen LogP contribution in [0.15, 0.2) is 22.7 Å². The molecule has 2 N–H and O–H groups in total. The van der Waals surface area contributed by atoms with Crippen molar-refractivity contribution >= 4 is 21.8 Å². The Morgan fingerprint density at radius 2 is 2.00 bits per heavy atom. The van der Waals surface area contributed by atoms with E-state index in [0.717, 1.165) is 12.8 Å². The fourth-order valence-corrected chi connectivity index (χ4v) is 2.11. The van der Waals surface area contributed by atoms with Crippen LogP contribution in [0.1, 0.15) is 50.4 Å². The van der Waals surface area contributed by atoms with Gasteiger partial charge in [-0.1, -0.05) is 26.7 Å². The third kappa shape index (κ3) is 5.64. The SMILES string of the molecule is CC(C)CCCC(C)NC(=O)c1ccc(Br)c(O)c1. The van der Waals surface area contributed by atoms with Gasteiger partial charge in [0.05, 0.1) is 4.47 Å². The number of hydrogen-bond donors (Lipinski definition) is 2. The van der Waals surface area contributed by atoms with Crippen LogP contribution in [0.25, 0.3) is 0 Å². The van der Waals surface area contributed by atoms with Crippen LogP contribution in [-0.2, 0) is 0 Å². The molecule has 19 heavy (non-hydrogen) atoms. The van der Waals surface area contributed by atoms with Crippen LogP contribution >= 0.6 is 15.9 Å². The molecule has 3 nitrogen and oxygen atoms in total. The van der Waals surface area contributed by atoms with Gasteiger partial charge in [-0.25, -0.2) is 0 Å². The summed E-state index contributed by atoms with van der Waals surface area (Å²) in [6.07, 6.45) is 3.27. The lowest BCUT2D eigenvalue weighted by molar-refractivity contribution is 0.0937. The number of phenols is 1. The lowest BCUT2D eigenvalue weighted by Gasteiger charge is -2.14. The first-order chi connectivity index (χ1) is 8.90. The van der Waals surface area contributed by atoms with Gasteiger partial charge in [-0.15, -0.1) is 0 Å². The largest absolute Gasteiger partial charge is 0.507 e. The van der Waals surface area contributed by atoms with Crippen LogP contribution in [0.2, 0.25) is 0 Å². The standard InChI is InChI=1S/C15H22BrNO2/c1-10(2)5-4-6-11(3)17-15(19)12-7-8-13(16)14(18)9-12/h7-11,18H,4-6H2,1-3H3,(H,17,19). The van der Waals surface area contributed by atoms with Gasteiger partial charge in [0, 0.05) is 11.6 Å². The Kier molecular flexibility index (Phi) is 6.35. The monoisotopic (exact) mass is 327 g/mol. The van der Waals surface area contributed by atoms with Gasteiger partial charge < -0.3 is 10.4 Å². The second-order valence-electron chi connectivity index (χ2n) is 5.37. The highest BCUT2D eigenvalue weighted by Crippen LogP contribution is 2.24. The number of phenolic OH excluding ortho intramolecular Hbond substituents is 1. The minimum absolute atomic E-state index is 0.0834. The Balaban J connectivity index is 2.47. The second kappa shape index (κ2) is 7.53. The minimum Gasteiger partial charge on any atom is -0.507 e. The van der Waals surface area contributed by atoms with E-state index >= 15 is 0 Å². The van der Waals surface area contributed by atoms with Crippen molar-refractivity contribution in [2.75, 3.05) is 0 Å². The summed E-state index contributed by atoms with van der Waals surface area (Å²) in [5.41, 5.74) is 0.483. The zero-order valence-corrected chi connectivity index (χ0v) is 13.3. The maximum Gasteiger partial charge on any atom is 0.251 e. The molecule has 0 aliphatic rings. The number of carbonyl (C=O) groups excluding carboxylic acids is 1. The first-order valence-corrected chi connectivity index (χ1v) is 7.48. The van der Waals surface area contributed by atoms with Gasteiger partial charge >= 0.3 is 0 Å². The maximum absolute atomic E-state index is 12.0. The van der Waals surface area contributed by atoms with Crippen LogP contribution in [0.5, 0.6) is 5.75 Å². The van der Waals surface area contributed by atoms with E-state index in [1.54, 1.807) is 12.1 Å². The molecule has 0 fully saturated rings. The highest BCUT2D eigenvalue weighted by molar-refractivity contribution is 9.10. The molecule has 0 spiro atoms. The molecule has 0 aliphatic carbocycles. The Bertz CT molecular complexity index is 432. The number of nitrogens with one attached hydrogen (secondary N) is 1. The summed E-state index contributed by atoms with van der Waals surface area (Å²) in [5, 5.41) is 12.5. The molecule has 0 saturated heterocycles. The molecule has 1 amide bonds. The summed E-state index contributed by atoms with van der Waals surface area (Å²) in [6.45, 7) is 6.42. The summed E-state index contributed by atoms with van der Waals surface area (Å²) in [7, 11) is 0. The van der Waals surface area contributed by atoms with Crippen LogP contribution in [-0.4, -0.2) is 17.1 Å². The van der Waals surface area contributed by atoms with Crippen LogP contribution in [0, 0.1) is 5.92 Å². The van der Waals surface area contributed by atoms with E-state index in [-0.39, 0.29) is 17.7 Å². The third-order valence-corrected chi connectivity index (χ3v) is 3.68. The molecule has 0 bridgehead atoms. The molecule has 0 saturated carbocycles. The predicted octanol–water partition coefficient (Wildman–Crippen LogP) is 4.10. The molecule has 106 valence electrons. The van der Waals surface area contributed by atoms with E-state index in [1.807, 2.05) is 6.92 Å².